The normalized spacial score (nSPS) is 22.6. The number of amides is 1. The number of halogens is 2. The van der Waals surface area contributed by atoms with Crippen molar-refractivity contribution in [1.82, 2.24) is 9.80 Å². The molecule has 0 aromatic heterocycles. The van der Waals surface area contributed by atoms with Crippen molar-refractivity contribution in [2.24, 2.45) is 0 Å². The number of phenols is 1. The Bertz CT molecular complexity index is 657. The van der Waals surface area contributed by atoms with E-state index in [1.165, 1.54) is 0 Å². The smallest absolute Gasteiger partial charge is 0.224 e. The number of fused-ring (bicyclic) bond motifs is 1. The summed E-state index contributed by atoms with van der Waals surface area (Å²) in [4.78, 5) is 16.2. The molecule has 1 amide bonds. The number of carbonyl (C=O) groups excluding carboxylic acids is 1. The second kappa shape index (κ2) is 5.64. The van der Waals surface area contributed by atoms with E-state index in [0.717, 1.165) is 18.1 Å². The molecular formula is C17H22ClFN2O2. The van der Waals surface area contributed by atoms with E-state index < -0.39 is 12.0 Å². The van der Waals surface area contributed by atoms with E-state index >= 15 is 0 Å². The van der Waals surface area contributed by atoms with Gasteiger partial charge in [0.25, 0.3) is 0 Å². The second-order valence-electron chi connectivity index (χ2n) is 7.26. The van der Waals surface area contributed by atoms with Crippen LogP contribution in [-0.4, -0.2) is 39.4 Å². The Morgan fingerprint density at radius 1 is 1.30 bits per heavy atom. The molecule has 1 N–H and O–H groups in total. The van der Waals surface area contributed by atoms with Gasteiger partial charge in [0.15, 0.2) is 11.6 Å². The average Bonchev–Trinajstić information content (AvgIpc) is 2.88. The molecule has 0 aliphatic carbocycles. The molecule has 2 aliphatic rings. The maximum Gasteiger partial charge on any atom is 0.224 e. The third-order valence-corrected chi connectivity index (χ3v) is 5.11. The van der Waals surface area contributed by atoms with Crippen LogP contribution in [-0.2, 0) is 11.2 Å². The number of likely N-dealkylation sites (tertiary alicyclic amines) is 1. The number of rotatable bonds is 1. The first-order valence-corrected chi connectivity index (χ1v) is 8.35. The summed E-state index contributed by atoms with van der Waals surface area (Å²) in [7, 11) is 0. The standard InChI is InChI=1S/C17H22ClFN2O2/c1-17(2,3)21-8-6-10-11(18)9-12(19)15(23)14(10)16(21)20-7-4-5-13(20)22/h9,16,23H,4-8H2,1-3H3. The molecule has 1 aromatic carbocycles. The Morgan fingerprint density at radius 3 is 2.57 bits per heavy atom. The van der Waals surface area contributed by atoms with E-state index in [4.69, 9.17) is 11.6 Å². The molecule has 1 saturated heterocycles. The second-order valence-corrected chi connectivity index (χ2v) is 7.67. The zero-order valence-corrected chi connectivity index (χ0v) is 14.5. The largest absolute Gasteiger partial charge is 0.505 e. The molecule has 0 bridgehead atoms. The molecule has 1 atom stereocenters. The highest BCUT2D eigenvalue weighted by Gasteiger charge is 2.43. The van der Waals surface area contributed by atoms with E-state index in [1.807, 2.05) is 0 Å². The molecule has 0 saturated carbocycles. The summed E-state index contributed by atoms with van der Waals surface area (Å²) >= 11 is 6.22. The van der Waals surface area contributed by atoms with Gasteiger partial charge in [-0.1, -0.05) is 11.6 Å². The molecule has 1 aromatic rings. The Labute approximate surface area is 140 Å². The zero-order valence-electron chi connectivity index (χ0n) is 13.7. The molecule has 3 rings (SSSR count). The van der Waals surface area contributed by atoms with Crippen molar-refractivity contribution in [3.8, 4) is 5.75 Å². The molecule has 23 heavy (non-hydrogen) atoms. The maximum absolute atomic E-state index is 14.1. The molecule has 4 nitrogen and oxygen atoms in total. The van der Waals surface area contributed by atoms with Crippen molar-refractivity contribution >= 4 is 17.5 Å². The highest BCUT2D eigenvalue weighted by atomic mass is 35.5. The van der Waals surface area contributed by atoms with Crippen LogP contribution >= 0.6 is 11.6 Å². The summed E-state index contributed by atoms with van der Waals surface area (Å²) < 4.78 is 14.1. The Kier molecular flexibility index (Phi) is 4.05. The molecule has 2 aliphatic heterocycles. The van der Waals surface area contributed by atoms with E-state index in [-0.39, 0.29) is 17.2 Å². The van der Waals surface area contributed by atoms with Crippen LogP contribution in [0.2, 0.25) is 5.02 Å². The molecule has 2 heterocycles. The highest BCUT2D eigenvalue weighted by molar-refractivity contribution is 6.31. The predicted octanol–water partition coefficient (Wildman–Crippen LogP) is 3.46. The van der Waals surface area contributed by atoms with Gasteiger partial charge in [0.2, 0.25) is 5.91 Å². The van der Waals surface area contributed by atoms with E-state index in [9.17, 15) is 14.3 Å². The lowest BCUT2D eigenvalue weighted by atomic mass is 9.90. The van der Waals surface area contributed by atoms with Crippen LogP contribution in [0.3, 0.4) is 0 Å². The number of phenolic OH excluding ortho intramolecular Hbond substituents is 1. The summed E-state index contributed by atoms with van der Waals surface area (Å²) in [6.07, 6.45) is 1.43. The van der Waals surface area contributed by atoms with Gasteiger partial charge in [0.05, 0.1) is 0 Å². The minimum absolute atomic E-state index is 0.0388. The summed E-state index contributed by atoms with van der Waals surface area (Å²) in [6, 6.07) is 1.16. The van der Waals surface area contributed by atoms with Gasteiger partial charge in [-0.15, -0.1) is 0 Å². The molecule has 0 radical (unpaired) electrons. The van der Waals surface area contributed by atoms with Crippen LogP contribution < -0.4 is 0 Å². The molecular weight excluding hydrogens is 319 g/mol. The number of benzene rings is 1. The topological polar surface area (TPSA) is 43.8 Å². The van der Waals surface area contributed by atoms with Gasteiger partial charge in [-0.2, -0.15) is 0 Å². The lowest BCUT2D eigenvalue weighted by molar-refractivity contribution is -0.136. The van der Waals surface area contributed by atoms with E-state index in [0.29, 0.717) is 36.5 Å². The van der Waals surface area contributed by atoms with E-state index in [2.05, 4.69) is 25.7 Å². The quantitative estimate of drug-likeness (QED) is 0.851. The first-order chi connectivity index (χ1) is 10.7. The minimum Gasteiger partial charge on any atom is -0.505 e. The summed E-state index contributed by atoms with van der Waals surface area (Å²) in [5, 5.41) is 10.7. The fourth-order valence-electron chi connectivity index (χ4n) is 3.66. The Balaban J connectivity index is 2.20. The molecule has 126 valence electrons. The monoisotopic (exact) mass is 340 g/mol. The highest BCUT2D eigenvalue weighted by Crippen LogP contribution is 2.45. The van der Waals surface area contributed by atoms with Crippen LogP contribution in [0.5, 0.6) is 5.75 Å². The van der Waals surface area contributed by atoms with Crippen molar-refractivity contribution in [3.63, 3.8) is 0 Å². The number of hydrogen-bond acceptors (Lipinski definition) is 3. The number of hydrogen-bond donors (Lipinski definition) is 1. The van der Waals surface area contributed by atoms with Gasteiger partial charge in [0.1, 0.15) is 6.17 Å². The fraction of sp³-hybridized carbons (Fsp3) is 0.588. The maximum atomic E-state index is 14.1. The van der Waals surface area contributed by atoms with Crippen LogP contribution in [0.4, 0.5) is 4.39 Å². The van der Waals surface area contributed by atoms with Crippen LogP contribution in [0.1, 0.15) is 50.9 Å². The number of aromatic hydroxyl groups is 1. The van der Waals surface area contributed by atoms with Gasteiger partial charge in [0, 0.05) is 35.6 Å². The van der Waals surface area contributed by atoms with Crippen LogP contribution in [0.15, 0.2) is 6.07 Å². The van der Waals surface area contributed by atoms with Crippen LogP contribution in [0, 0.1) is 5.82 Å². The molecule has 1 fully saturated rings. The summed E-state index contributed by atoms with van der Waals surface area (Å²) in [6.45, 7) is 7.50. The summed E-state index contributed by atoms with van der Waals surface area (Å²) in [5.41, 5.74) is 0.971. The molecule has 1 unspecified atom stereocenters. The Hall–Kier alpha value is -1.33. The molecule has 6 heteroatoms. The van der Waals surface area contributed by atoms with Crippen molar-refractivity contribution < 1.29 is 14.3 Å². The first kappa shape index (κ1) is 16.5. The van der Waals surface area contributed by atoms with Gasteiger partial charge in [-0.3, -0.25) is 9.69 Å². The zero-order chi connectivity index (χ0) is 16.9. The average molecular weight is 341 g/mol. The summed E-state index contributed by atoms with van der Waals surface area (Å²) in [5.74, 6) is -1.08. The minimum atomic E-state index is -0.735. The molecule has 0 spiro atoms. The van der Waals surface area contributed by atoms with Crippen molar-refractivity contribution in [2.45, 2.75) is 51.7 Å². The predicted molar refractivity (Wildman–Crippen MR) is 86.9 cm³/mol. The van der Waals surface area contributed by atoms with Gasteiger partial charge in [-0.05, 0) is 45.2 Å². The lowest BCUT2D eigenvalue weighted by Crippen LogP contribution is -2.53. The first-order valence-electron chi connectivity index (χ1n) is 7.97. The van der Waals surface area contributed by atoms with Gasteiger partial charge < -0.3 is 10.0 Å². The van der Waals surface area contributed by atoms with Crippen molar-refractivity contribution in [1.29, 1.82) is 0 Å². The van der Waals surface area contributed by atoms with Crippen molar-refractivity contribution in [3.05, 3.63) is 28.0 Å². The SMILES string of the molecule is CC(C)(C)N1CCc2c(Cl)cc(F)c(O)c2C1N1CCCC1=O. The third-order valence-electron chi connectivity index (χ3n) is 4.77. The number of carbonyl (C=O) groups is 1. The van der Waals surface area contributed by atoms with E-state index in [1.54, 1.807) is 4.90 Å². The Morgan fingerprint density at radius 2 is 2.00 bits per heavy atom. The van der Waals surface area contributed by atoms with Crippen LogP contribution in [0.25, 0.3) is 0 Å². The van der Waals surface area contributed by atoms with Gasteiger partial charge >= 0.3 is 0 Å². The third kappa shape index (κ3) is 2.70. The van der Waals surface area contributed by atoms with Crippen molar-refractivity contribution in [2.75, 3.05) is 13.1 Å². The van der Waals surface area contributed by atoms with Gasteiger partial charge in [-0.25, -0.2) is 4.39 Å². The lowest BCUT2D eigenvalue weighted by Gasteiger charge is -2.48. The number of nitrogens with zero attached hydrogens (tertiary/aromatic N) is 2. The fourth-order valence-corrected chi connectivity index (χ4v) is 3.96.